The van der Waals surface area contributed by atoms with E-state index in [0.717, 1.165) is 29.8 Å². The Balaban J connectivity index is 2.22. The zero-order chi connectivity index (χ0) is 11.7. The Kier molecular flexibility index (Phi) is 3.33. The van der Waals surface area contributed by atoms with Gasteiger partial charge < -0.3 is 5.11 Å². The summed E-state index contributed by atoms with van der Waals surface area (Å²) >= 11 is 0. The largest absolute Gasteiger partial charge is 0.388 e. The first-order chi connectivity index (χ1) is 7.61. The second-order valence-electron chi connectivity index (χ2n) is 5.05. The molecule has 16 heavy (non-hydrogen) atoms. The Labute approximate surface area is 97.5 Å². The van der Waals surface area contributed by atoms with Gasteiger partial charge in [0, 0.05) is 18.3 Å². The third-order valence-electron chi connectivity index (χ3n) is 3.96. The minimum absolute atomic E-state index is 0.311. The van der Waals surface area contributed by atoms with Crippen LogP contribution in [0.25, 0.3) is 0 Å². The summed E-state index contributed by atoms with van der Waals surface area (Å²) in [4.78, 5) is 0. The molecule has 0 aromatic carbocycles. The highest BCUT2D eigenvalue weighted by atomic mass is 16.3. The van der Waals surface area contributed by atoms with E-state index in [1.54, 1.807) is 0 Å². The SMILES string of the molecule is Cc1nn(C)c(C)c1C(O)C1CCCCC1. The molecule has 3 nitrogen and oxygen atoms in total. The maximum Gasteiger partial charge on any atom is 0.0853 e. The van der Waals surface area contributed by atoms with E-state index in [0.29, 0.717) is 5.92 Å². The van der Waals surface area contributed by atoms with E-state index in [1.165, 1.54) is 19.3 Å². The van der Waals surface area contributed by atoms with Crippen molar-refractivity contribution in [3.8, 4) is 0 Å². The zero-order valence-electron chi connectivity index (χ0n) is 10.5. The number of aromatic nitrogens is 2. The van der Waals surface area contributed by atoms with E-state index in [2.05, 4.69) is 5.10 Å². The van der Waals surface area contributed by atoms with Gasteiger partial charge in [-0.2, -0.15) is 5.10 Å². The standard InChI is InChI=1S/C13H22N2O/c1-9-12(10(2)15(3)14-9)13(16)11-7-5-4-6-8-11/h11,13,16H,4-8H2,1-3H3. The lowest BCUT2D eigenvalue weighted by Crippen LogP contribution is -2.17. The van der Waals surface area contributed by atoms with Crippen LogP contribution < -0.4 is 0 Å². The molecule has 1 aromatic heterocycles. The third-order valence-corrected chi connectivity index (χ3v) is 3.96. The molecule has 1 atom stereocenters. The van der Waals surface area contributed by atoms with Crippen LogP contribution in [0.4, 0.5) is 0 Å². The van der Waals surface area contributed by atoms with Crippen LogP contribution in [0.2, 0.25) is 0 Å². The van der Waals surface area contributed by atoms with Gasteiger partial charge in [-0.3, -0.25) is 4.68 Å². The number of rotatable bonds is 2. The maximum absolute atomic E-state index is 10.5. The van der Waals surface area contributed by atoms with Gasteiger partial charge in [0.15, 0.2) is 0 Å². The van der Waals surface area contributed by atoms with Crippen LogP contribution in [-0.4, -0.2) is 14.9 Å². The van der Waals surface area contributed by atoms with Crippen LogP contribution in [0.3, 0.4) is 0 Å². The summed E-state index contributed by atoms with van der Waals surface area (Å²) in [6.45, 7) is 4.04. The predicted octanol–water partition coefficient (Wildman–Crippen LogP) is 2.65. The first-order valence-electron chi connectivity index (χ1n) is 6.29. The monoisotopic (exact) mass is 222 g/mol. The molecule has 0 saturated heterocycles. The minimum Gasteiger partial charge on any atom is -0.388 e. The molecule has 0 radical (unpaired) electrons. The predicted molar refractivity (Wildman–Crippen MR) is 64.2 cm³/mol. The molecule has 0 amide bonds. The molecule has 1 saturated carbocycles. The van der Waals surface area contributed by atoms with Crippen molar-refractivity contribution in [2.24, 2.45) is 13.0 Å². The Morgan fingerprint density at radius 3 is 2.38 bits per heavy atom. The minimum atomic E-state index is -0.311. The molecule has 1 aliphatic carbocycles. The normalized spacial score (nSPS) is 20.0. The van der Waals surface area contributed by atoms with E-state index in [-0.39, 0.29) is 6.10 Å². The lowest BCUT2D eigenvalue weighted by Gasteiger charge is -2.26. The topological polar surface area (TPSA) is 38.0 Å². The smallest absolute Gasteiger partial charge is 0.0853 e. The summed E-state index contributed by atoms with van der Waals surface area (Å²) in [6.07, 6.45) is 5.87. The second-order valence-corrected chi connectivity index (χ2v) is 5.05. The number of hydrogen-bond donors (Lipinski definition) is 1. The van der Waals surface area contributed by atoms with Gasteiger partial charge in [0.05, 0.1) is 11.8 Å². The van der Waals surface area contributed by atoms with Crippen LogP contribution in [0, 0.1) is 19.8 Å². The van der Waals surface area contributed by atoms with E-state index in [1.807, 2.05) is 25.6 Å². The zero-order valence-corrected chi connectivity index (χ0v) is 10.5. The number of aliphatic hydroxyl groups excluding tert-OH is 1. The average Bonchev–Trinajstić information content (AvgIpc) is 2.54. The molecule has 0 bridgehead atoms. The fourth-order valence-electron chi connectivity index (χ4n) is 2.90. The molecule has 1 fully saturated rings. The van der Waals surface area contributed by atoms with Gasteiger partial charge in [0.2, 0.25) is 0 Å². The van der Waals surface area contributed by atoms with Crippen LogP contribution >= 0.6 is 0 Å². The molecule has 0 spiro atoms. The summed E-state index contributed by atoms with van der Waals surface area (Å²) in [5, 5.41) is 14.9. The van der Waals surface area contributed by atoms with Crippen molar-refractivity contribution in [2.75, 3.05) is 0 Å². The molecule has 1 N–H and O–H groups in total. The third kappa shape index (κ3) is 2.01. The van der Waals surface area contributed by atoms with Gasteiger partial charge >= 0.3 is 0 Å². The Morgan fingerprint density at radius 2 is 1.88 bits per heavy atom. The van der Waals surface area contributed by atoms with Crippen molar-refractivity contribution in [1.29, 1.82) is 0 Å². The first-order valence-corrected chi connectivity index (χ1v) is 6.29. The number of aryl methyl sites for hydroxylation is 2. The molecule has 1 aromatic rings. The summed E-state index contributed by atoms with van der Waals surface area (Å²) in [5.41, 5.74) is 3.16. The highest BCUT2D eigenvalue weighted by molar-refractivity contribution is 5.27. The summed E-state index contributed by atoms with van der Waals surface area (Å²) < 4.78 is 1.87. The second kappa shape index (κ2) is 4.58. The molecule has 90 valence electrons. The fourth-order valence-corrected chi connectivity index (χ4v) is 2.90. The van der Waals surface area contributed by atoms with Crippen LogP contribution in [0.1, 0.15) is 55.2 Å². The summed E-state index contributed by atoms with van der Waals surface area (Å²) in [7, 11) is 1.94. The van der Waals surface area contributed by atoms with E-state index >= 15 is 0 Å². The van der Waals surface area contributed by atoms with Gasteiger partial charge in [0.25, 0.3) is 0 Å². The van der Waals surface area contributed by atoms with Crippen LogP contribution in [0.5, 0.6) is 0 Å². The van der Waals surface area contributed by atoms with Crippen molar-refractivity contribution in [3.63, 3.8) is 0 Å². The van der Waals surface area contributed by atoms with E-state index in [4.69, 9.17) is 0 Å². The molecule has 3 heteroatoms. The van der Waals surface area contributed by atoms with Gasteiger partial charge in [-0.15, -0.1) is 0 Å². The quantitative estimate of drug-likeness (QED) is 0.835. The van der Waals surface area contributed by atoms with Crippen LogP contribution in [-0.2, 0) is 7.05 Å². The Hall–Kier alpha value is -0.830. The Bertz CT molecular complexity index is 364. The van der Waals surface area contributed by atoms with Gasteiger partial charge in [-0.1, -0.05) is 19.3 Å². The van der Waals surface area contributed by atoms with Gasteiger partial charge in [0.1, 0.15) is 0 Å². The van der Waals surface area contributed by atoms with E-state index in [9.17, 15) is 5.11 Å². The molecule has 1 unspecified atom stereocenters. The number of nitrogens with zero attached hydrogens (tertiary/aromatic N) is 2. The van der Waals surface area contributed by atoms with Crippen molar-refractivity contribution >= 4 is 0 Å². The lowest BCUT2D eigenvalue weighted by atomic mass is 9.82. The van der Waals surface area contributed by atoms with Crippen molar-refractivity contribution < 1.29 is 5.11 Å². The van der Waals surface area contributed by atoms with Crippen molar-refractivity contribution in [1.82, 2.24) is 9.78 Å². The molecular weight excluding hydrogens is 200 g/mol. The highest BCUT2D eigenvalue weighted by Crippen LogP contribution is 2.36. The van der Waals surface area contributed by atoms with Crippen molar-refractivity contribution in [2.45, 2.75) is 52.1 Å². The molecule has 1 heterocycles. The molecule has 1 aliphatic rings. The molecule has 0 aliphatic heterocycles. The summed E-state index contributed by atoms with van der Waals surface area (Å²) in [5.74, 6) is 0.440. The average molecular weight is 222 g/mol. The van der Waals surface area contributed by atoms with Crippen LogP contribution in [0.15, 0.2) is 0 Å². The van der Waals surface area contributed by atoms with Crippen molar-refractivity contribution in [3.05, 3.63) is 17.0 Å². The maximum atomic E-state index is 10.5. The first kappa shape index (κ1) is 11.6. The Morgan fingerprint density at radius 1 is 1.25 bits per heavy atom. The van der Waals surface area contributed by atoms with E-state index < -0.39 is 0 Å². The molecular formula is C13H22N2O. The summed E-state index contributed by atoms with van der Waals surface area (Å²) in [6, 6.07) is 0. The van der Waals surface area contributed by atoms with Gasteiger partial charge in [-0.25, -0.2) is 0 Å². The number of hydrogen-bond acceptors (Lipinski definition) is 2. The highest BCUT2D eigenvalue weighted by Gasteiger charge is 2.27. The number of aliphatic hydroxyl groups is 1. The lowest BCUT2D eigenvalue weighted by molar-refractivity contribution is 0.0837. The van der Waals surface area contributed by atoms with Gasteiger partial charge in [-0.05, 0) is 32.6 Å². The fraction of sp³-hybridized carbons (Fsp3) is 0.769. The molecule has 2 rings (SSSR count).